The number of halogens is 1. The van der Waals surface area contributed by atoms with Crippen LogP contribution >= 0.6 is 11.6 Å². The van der Waals surface area contributed by atoms with Gasteiger partial charge in [0.05, 0.1) is 4.92 Å². The van der Waals surface area contributed by atoms with Gasteiger partial charge in [-0.25, -0.2) is 4.98 Å². The van der Waals surface area contributed by atoms with Crippen LogP contribution in [0.3, 0.4) is 0 Å². The number of carbonyl (C=O) groups excluding carboxylic acids is 1. The molecule has 0 radical (unpaired) electrons. The van der Waals surface area contributed by atoms with Crippen molar-refractivity contribution in [2.45, 2.75) is 6.92 Å². The summed E-state index contributed by atoms with van der Waals surface area (Å²) >= 11 is 6.32. The number of nitrogens with zero attached hydrogens (tertiary/aromatic N) is 2. The second-order valence-electron chi connectivity index (χ2n) is 7.50. The van der Waals surface area contributed by atoms with Crippen LogP contribution < -0.4 is 5.32 Å². The van der Waals surface area contributed by atoms with Crippen LogP contribution in [-0.2, 0) is 0 Å². The summed E-state index contributed by atoms with van der Waals surface area (Å²) in [6, 6.07) is 20.9. The van der Waals surface area contributed by atoms with Crippen molar-refractivity contribution in [3.63, 3.8) is 0 Å². The minimum absolute atomic E-state index is 0.102. The Hall–Kier alpha value is -4.23. The molecule has 0 aliphatic heterocycles. The molecule has 0 aliphatic carbocycles. The number of anilines is 1. The molecule has 0 bridgehead atoms. The lowest BCUT2D eigenvalue weighted by atomic mass is 10.0. The average molecular weight is 458 g/mol. The zero-order valence-corrected chi connectivity index (χ0v) is 18.1. The Morgan fingerprint density at radius 1 is 1.03 bits per heavy atom. The Kier molecular flexibility index (Phi) is 5.03. The molecule has 0 atom stereocenters. The Labute approximate surface area is 192 Å². The van der Waals surface area contributed by atoms with E-state index in [-0.39, 0.29) is 11.3 Å². The smallest absolute Gasteiger partial charge is 0.273 e. The fraction of sp³-hybridized carbons (Fsp3) is 0.0400. The number of nitro benzene ring substituents is 1. The number of benzene rings is 4. The lowest BCUT2D eigenvalue weighted by molar-refractivity contribution is -0.385. The summed E-state index contributed by atoms with van der Waals surface area (Å²) in [5.74, 6) is -0.00108. The first-order chi connectivity index (χ1) is 15.9. The van der Waals surface area contributed by atoms with E-state index in [1.165, 1.54) is 12.1 Å². The lowest BCUT2D eigenvalue weighted by Gasteiger charge is -2.07. The molecule has 0 unspecified atom stereocenters. The SMILES string of the molecule is Cc1c(C(=O)Nc2ccc3oc(-c4cccc5c(Cl)cccc45)nc3c2)cccc1[N+](=O)[O-]. The van der Waals surface area contributed by atoms with Crippen LogP contribution in [0.2, 0.25) is 5.02 Å². The molecule has 5 rings (SSSR count). The third kappa shape index (κ3) is 3.68. The summed E-state index contributed by atoms with van der Waals surface area (Å²) in [7, 11) is 0. The number of fused-ring (bicyclic) bond motifs is 2. The maximum atomic E-state index is 12.8. The van der Waals surface area contributed by atoms with Gasteiger partial charge in [0.1, 0.15) is 5.52 Å². The van der Waals surface area contributed by atoms with Crippen LogP contribution in [0, 0.1) is 17.0 Å². The third-order valence-electron chi connectivity index (χ3n) is 5.49. The van der Waals surface area contributed by atoms with Gasteiger partial charge in [-0.1, -0.05) is 41.9 Å². The summed E-state index contributed by atoms with van der Waals surface area (Å²) in [4.78, 5) is 28.0. The number of hydrogen-bond donors (Lipinski definition) is 1. The van der Waals surface area contributed by atoms with Gasteiger partial charge in [-0.05, 0) is 48.7 Å². The van der Waals surface area contributed by atoms with Crippen molar-refractivity contribution in [3.8, 4) is 11.5 Å². The van der Waals surface area contributed by atoms with Gasteiger partial charge in [0.25, 0.3) is 11.6 Å². The molecule has 33 heavy (non-hydrogen) atoms. The molecule has 8 heteroatoms. The van der Waals surface area contributed by atoms with Gasteiger partial charge >= 0.3 is 0 Å². The number of aromatic nitrogens is 1. The summed E-state index contributed by atoms with van der Waals surface area (Å²) in [5.41, 5.74) is 2.88. The molecule has 1 amide bonds. The van der Waals surface area contributed by atoms with Crippen molar-refractivity contribution in [1.29, 1.82) is 0 Å². The molecule has 0 fully saturated rings. The molecule has 1 heterocycles. The van der Waals surface area contributed by atoms with Crippen molar-refractivity contribution in [3.05, 3.63) is 99.1 Å². The first kappa shape index (κ1) is 20.7. The molecular formula is C25H16ClN3O4. The van der Waals surface area contributed by atoms with Gasteiger partial charge < -0.3 is 9.73 Å². The fourth-order valence-electron chi connectivity index (χ4n) is 3.84. The molecule has 162 valence electrons. The Morgan fingerprint density at radius 2 is 1.79 bits per heavy atom. The van der Waals surface area contributed by atoms with E-state index in [4.69, 9.17) is 16.0 Å². The highest BCUT2D eigenvalue weighted by atomic mass is 35.5. The number of hydrogen-bond acceptors (Lipinski definition) is 5. The molecule has 4 aromatic carbocycles. The number of rotatable bonds is 4. The fourth-order valence-corrected chi connectivity index (χ4v) is 4.08. The molecule has 0 spiro atoms. The summed E-state index contributed by atoms with van der Waals surface area (Å²) in [6.45, 7) is 1.55. The molecule has 0 aliphatic rings. The first-order valence-electron chi connectivity index (χ1n) is 10.1. The van der Waals surface area contributed by atoms with E-state index < -0.39 is 10.8 Å². The molecule has 5 aromatic rings. The largest absolute Gasteiger partial charge is 0.436 e. The van der Waals surface area contributed by atoms with Crippen LogP contribution in [0.4, 0.5) is 11.4 Å². The van der Waals surface area contributed by atoms with Crippen molar-refractivity contribution >= 4 is 50.8 Å². The monoisotopic (exact) mass is 457 g/mol. The van der Waals surface area contributed by atoms with Gasteiger partial charge in [-0.2, -0.15) is 0 Å². The van der Waals surface area contributed by atoms with E-state index >= 15 is 0 Å². The highest BCUT2D eigenvalue weighted by molar-refractivity contribution is 6.35. The first-order valence-corrected chi connectivity index (χ1v) is 10.4. The van der Waals surface area contributed by atoms with Gasteiger partial charge in [0.15, 0.2) is 5.58 Å². The zero-order chi connectivity index (χ0) is 23.1. The second kappa shape index (κ2) is 8.03. The molecule has 0 saturated carbocycles. The van der Waals surface area contributed by atoms with E-state index in [2.05, 4.69) is 10.3 Å². The molecule has 7 nitrogen and oxygen atoms in total. The number of amides is 1. The summed E-state index contributed by atoms with van der Waals surface area (Å²) < 4.78 is 5.97. The van der Waals surface area contributed by atoms with Gasteiger partial charge in [-0.15, -0.1) is 0 Å². The van der Waals surface area contributed by atoms with E-state index in [1.54, 1.807) is 31.2 Å². The maximum Gasteiger partial charge on any atom is 0.273 e. The predicted octanol–water partition coefficient (Wildman–Crippen LogP) is 6.77. The van der Waals surface area contributed by atoms with Crippen molar-refractivity contribution in [1.82, 2.24) is 4.98 Å². The van der Waals surface area contributed by atoms with Crippen LogP contribution in [0.1, 0.15) is 15.9 Å². The van der Waals surface area contributed by atoms with Crippen molar-refractivity contribution in [2.75, 3.05) is 5.32 Å². The molecule has 0 saturated heterocycles. The quantitative estimate of drug-likeness (QED) is 0.237. The van der Waals surface area contributed by atoms with Gasteiger partial charge in [0.2, 0.25) is 5.89 Å². The van der Waals surface area contributed by atoms with Gasteiger partial charge in [-0.3, -0.25) is 14.9 Å². The lowest BCUT2D eigenvalue weighted by Crippen LogP contribution is -2.14. The van der Waals surface area contributed by atoms with E-state index in [0.29, 0.717) is 33.3 Å². The summed E-state index contributed by atoms with van der Waals surface area (Å²) in [6.07, 6.45) is 0. The van der Waals surface area contributed by atoms with Crippen LogP contribution in [0.15, 0.2) is 77.2 Å². The highest BCUT2D eigenvalue weighted by Gasteiger charge is 2.19. The van der Waals surface area contributed by atoms with Crippen molar-refractivity contribution in [2.24, 2.45) is 0 Å². The Morgan fingerprint density at radius 3 is 2.61 bits per heavy atom. The minimum atomic E-state index is -0.504. The topological polar surface area (TPSA) is 98.3 Å². The highest BCUT2D eigenvalue weighted by Crippen LogP contribution is 2.34. The molecule has 1 N–H and O–H groups in total. The van der Waals surface area contributed by atoms with Crippen LogP contribution in [0.25, 0.3) is 33.3 Å². The average Bonchev–Trinajstić information content (AvgIpc) is 3.22. The number of nitrogens with one attached hydrogen (secondary N) is 1. The minimum Gasteiger partial charge on any atom is -0.436 e. The maximum absolute atomic E-state index is 12.8. The second-order valence-corrected chi connectivity index (χ2v) is 7.91. The number of carbonyl (C=O) groups is 1. The number of nitro groups is 1. The van der Waals surface area contributed by atoms with E-state index in [1.807, 2.05) is 36.4 Å². The van der Waals surface area contributed by atoms with Crippen LogP contribution in [0.5, 0.6) is 0 Å². The van der Waals surface area contributed by atoms with Gasteiger partial charge in [0, 0.05) is 38.9 Å². The normalized spacial score (nSPS) is 11.1. The van der Waals surface area contributed by atoms with Crippen LogP contribution in [-0.4, -0.2) is 15.8 Å². The van der Waals surface area contributed by atoms with E-state index in [0.717, 1.165) is 16.3 Å². The van der Waals surface area contributed by atoms with E-state index in [9.17, 15) is 14.9 Å². The molecule has 1 aromatic heterocycles. The Balaban J connectivity index is 1.49. The standard InChI is InChI=1S/C25H16ClN3O4/c1-14-16(5-4-10-22(14)29(31)32)24(30)27-15-11-12-23-21(13-15)28-25(33-23)19-8-2-7-18-17(19)6-3-9-20(18)26/h2-13H,1H3,(H,27,30). The summed E-state index contributed by atoms with van der Waals surface area (Å²) in [5, 5.41) is 16.4. The number of oxazole rings is 1. The Bertz CT molecular complexity index is 1580. The van der Waals surface area contributed by atoms with Crippen molar-refractivity contribution < 1.29 is 14.1 Å². The molecular weight excluding hydrogens is 442 g/mol. The third-order valence-corrected chi connectivity index (χ3v) is 5.82. The predicted molar refractivity (Wildman–Crippen MR) is 128 cm³/mol. The zero-order valence-electron chi connectivity index (χ0n) is 17.3.